The number of methoxy groups -OCH3 is 1. The molecule has 0 aromatic carbocycles. The largest absolute Gasteiger partial charge is 0.463 e. The fourth-order valence-electron chi connectivity index (χ4n) is 1.76. The van der Waals surface area contributed by atoms with E-state index in [9.17, 15) is 0 Å². The third kappa shape index (κ3) is 5.21. The first kappa shape index (κ1) is 15.2. The third-order valence-electron chi connectivity index (χ3n) is 3.01. The zero-order valence-corrected chi connectivity index (χ0v) is 12.0. The van der Waals surface area contributed by atoms with Crippen LogP contribution in [0.25, 0.3) is 0 Å². The highest BCUT2D eigenvalue weighted by Crippen LogP contribution is 2.11. The first-order valence-corrected chi connectivity index (χ1v) is 6.64. The number of likely N-dealkylation sites (N-methyl/N-ethyl adjacent to an activating group) is 1. The van der Waals surface area contributed by atoms with Crippen LogP contribution in [0.3, 0.4) is 0 Å². The van der Waals surface area contributed by atoms with Gasteiger partial charge in [0, 0.05) is 13.2 Å². The second kappa shape index (κ2) is 8.29. The third-order valence-corrected chi connectivity index (χ3v) is 3.01. The summed E-state index contributed by atoms with van der Waals surface area (Å²) in [6, 6.07) is 4.49. The van der Waals surface area contributed by atoms with Gasteiger partial charge < -0.3 is 14.5 Å². The Kier molecular flexibility index (Phi) is 7.01. The molecular formula is C14H26N2O2. The molecule has 1 atom stereocenters. The first-order valence-electron chi connectivity index (χ1n) is 6.64. The van der Waals surface area contributed by atoms with Crippen LogP contribution in [0.2, 0.25) is 0 Å². The highest BCUT2D eigenvalue weighted by Gasteiger charge is 2.11. The molecule has 104 valence electrons. The summed E-state index contributed by atoms with van der Waals surface area (Å²) >= 11 is 0. The summed E-state index contributed by atoms with van der Waals surface area (Å²) in [6.07, 6.45) is 1.14. The molecule has 0 aliphatic heterocycles. The van der Waals surface area contributed by atoms with Crippen LogP contribution in [0.4, 0.5) is 0 Å². The molecule has 0 saturated heterocycles. The predicted molar refractivity (Wildman–Crippen MR) is 73.5 cm³/mol. The Labute approximate surface area is 110 Å². The zero-order valence-electron chi connectivity index (χ0n) is 12.0. The van der Waals surface area contributed by atoms with E-state index in [4.69, 9.17) is 9.15 Å². The summed E-state index contributed by atoms with van der Waals surface area (Å²) in [5, 5.41) is 3.33. The molecule has 1 rings (SSSR count). The summed E-state index contributed by atoms with van der Waals surface area (Å²) < 4.78 is 10.9. The number of nitrogens with zero attached hydrogens (tertiary/aromatic N) is 1. The topological polar surface area (TPSA) is 37.6 Å². The Balaban J connectivity index is 2.38. The molecule has 1 N–H and O–H groups in total. The maximum atomic E-state index is 5.78. The van der Waals surface area contributed by atoms with E-state index in [1.54, 1.807) is 7.11 Å². The summed E-state index contributed by atoms with van der Waals surface area (Å²) in [6.45, 7) is 7.70. The lowest BCUT2D eigenvalue weighted by atomic mass is 10.3. The van der Waals surface area contributed by atoms with Crippen LogP contribution in [0.5, 0.6) is 0 Å². The molecule has 1 aromatic rings. The molecule has 0 bridgehead atoms. The minimum absolute atomic E-state index is 0.391. The van der Waals surface area contributed by atoms with Gasteiger partial charge in [-0.05, 0) is 39.1 Å². The summed E-state index contributed by atoms with van der Waals surface area (Å²) in [4.78, 5) is 2.23. The van der Waals surface area contributed by atoms with E-state index in [-0.39, 0.29) is 0 Å². The van der Waals surface area contributed by atoms with Gasteiger partial charge >= 0.3 is 0 Å². The van der Waals surface area contributed by atoms with Crippen molar-refractivity contribution in [3.63, 3.8) is 0 Å². The van der Waals surface area contributed by atoms with E-state index < -0.39 is 0 Å². The van der Waals surface area contributed by atoms with Crippen LogP contribution < -0.4 is 5.32 Å². The molecule has 1 aromatic heterocycles. The van der Waals surface area contributed by atoms with Crippen molar-refractivity contribution in [2.75, 3.05) is 27.3 Å². The van der Waals surface area contributed by atoms with Gasteiger partial charge in [-0.15, -0.1) is 0 Å². The molecule has 0 aliphatic rings. The normalized spacial score (nSPS) is 13.2. The fourth-order valence-corrected chi connectivity index (χ4v) is 1.76. The van der Waals surface area contributed by atoms with Gasteiger partial charge in [-0.1, -0.05) is 6.92 Å². The van der Waals surface area contributed by atoms with Crippen molar-refractivity contribution in [3.8, 4) is 0 Å². The molecule has 0 amide bonds. The van der Waals surface area contributed by atoms with E-state index in [1.165, 1.54) is 0 Å². The first-order chi connectivity index (χ1) is 8.67. The van der Waals surface area contributed by atoms with Crippen molar-refractivity contribution in [2.45, 2.75) is 39.4 Å². The summed E-state index contributed by atoms with van der Waals surface area (Å²) in [5.41, 5.74) is 0. The fraction of sp³-hybridized carbons (Fsp3) is 0.714. The summed E-state index contributed by atoms with van der Waals surface area (Å²) in [7, 11) is 3.82. The van der Waals surface area contributed by atoms with Gasteiger partial charge in [0.2, 0.25) is 0 Å². The van der Waals surface area contributed by atoms with Crippen LogP contribution in [0, 0.1) is 0 Å². The second-order valence-corrected chi connectivity index (χ2v) is 4.76. The van der Waals surface area contributed by atoms with E-state index >= 15 is 0 Å². The lowest BCUT2D eigenvalue weighted by Gasteiger charge is -2.22. The Morgan fingerprint density at radius 2 is 2.11 bits per heavy atom. The molecular weight excluding hydrogens is 228 g/mol. The second-order valence-electron chi connectivity index (χ2n) is 4.76. The van der Waals surface area contributed by atoms with Crippen molar-refractivity contribution in [1.82, 2.24) is 10.2 Å². The molecule has 1 unspecified atom stereocenters. The average molecular weight is 254 g/mol. The maximum Gasteiger partial charge on any atom is 0.118 e. The smallest absolute Gasteiger partial charge is 0.118 e. The van der Waals surface area contributed by atoms with Gasteiger partial charge in [0.1, 0.15) is 11.5 Å². The van der Waals surface area contributed by atoms with E-state index in [1.807, 2.05) is 6.07 Å². The van der Waals surface area contributed by atoms with Gasteiger partial charge in [0.05, 0.1) is 19.7 Å². The molecule has 18 heavy (non-hydrogen) atoms. The molecule has 0 aliphatic carbocycles. The number of hydrogen-bond donors (Lipinski definition) is 1. The van der Waals surface area contributed by atoms with Crippen molar-refractivity contribution < 1.29 is 9.15 Å². The molecule has 4 nitrogen and oxygen atoms in total. The Morgan fingerprint density at radius 3 is 2.78 bits per heavy atom. The van der Waals surface area contributed by atoms with Crippen molar-refractivity contribution in [2.24, 2.45) is 0 Å². The van der Waals surface area contributed by atoms with Gasteiger partial charge in [-0.2, -0.15) is 0 Å². The zero-order chi connectivity index (χ0) is 13.4. The molecule has 0 radical (unpaired) electrons. The van der Waals surface area contributed by atoms with Crippen molar-refractivity contribution >= 4 is 0 Å². The molecule has 0 saturated carbocycles. The quantitative estimate of drug-likeness (QED) is 0.686. The van der Waals surface area contributed by atoms with Crippen LogP contribution in [-0.4, -0.2) is 38.3 Å². The number of ether oxygens (including phenoxy) is 1. The highest BCUT2D eigenvalue weighted by atomic mass is 16.5. The molecule has 0 spiro atoms. The number of hydrogen-bond acceptors (Lipinski definition) is 4. The van der Waals surface area contributed by atoms with E-state index in [0.29, 0.717) is 6.04 Å². The van der Waals surface area contributed by atoms with Gasteiger partial charge in [0.25, 0.3) is 0 Å². The number of rotatable bonds is 9. The molecule has 1 heterocycles. The Morgan fingerprint density at radius 1 is 1.39 bits per heavy atom. The minimum Gasteiger partial charge on any atom is -0.463 e. The van der Waals surface area contributed by atoms with Crippen LogP contribution in [0.15, 0.2) is 16.5 Å². The standard InChI is InChI=1S/C14H26N2O2/c1-5-8-15-9-13-6-7-14(18-13)10-16(3)12(2)11-17-4/h6-7,12,15H,5,8-11H2,1-4H3. The van der Waals surface area contributed by atoms with Gasteiger partial charge in [-0.25, -0.2) is 0 Å². The predicted octanol–water partition coefficient (Wildman–Crippen LogP) is 2.25. The lowest BCUT2D eigenvalue weighted by Crippen LogP contribution is -2.31. The van der Waals surface area contributed by atoms with Gasteiger partial charge in [-0.3, -0.25) is 4.90 Å². The Hall–Kier alpha value is -0.840. The molecule has 0 fully saturated rings. The average Bonchev–Trinajstić information content (AvgIpc) is 2.77. The van der Waals surface area contributed by atoms with E-state index in [0.717, 1.165) is 44.2 Å². The van der Waals surface area contributed by atoms with Gasteiger partial charge in [0.15, 0.2) is 0 Å². The van der Waals surface area contributed by atoms with Crippen molar-refractivity contribution in [1.29, 1.82) is 0 Å². The highest BCUT2D eigenvalue weighted by molar-refractivity contribution is 5.07. The monoisotopic (exact) mass is 254 g/mol. The number of nitrogens with one attached hydrogen (secondary N) is 1. The van der Waals surface area contributed by atoms with Crippen LogP contribution in [-0.2, 0) is 17.8 Å². The SMILES string of the molecule is CCCNCc1ccc(CN(C)C(C)COC)o1. The van der Waals surface area contributed by atoms with Crippen molar-refractivity contribution in [3.05, 3.63) is 23.7 Å². The van der Waals surface area contributed by atoms with Crippen LogP contribution >= 0.6 is 0 Å². The summed E-state index contributed by atoms with van der Waals surface area (Å²) in [5.74, 6) is 2.01. The van der Waals surface area contributed by atoms with E-state index in [2.05, 4.69) is 37.2 Å². The maximum absolute atomic E-state index is 5.78. The molecule has 4 heteroatoms. The minimum atomic E-state index is 0.391. The lowest BCUT2D eigenvalue weighted by molar-refractivity contribution is 0.107. The Bertz CT molecular complexity index is 325. The van der Waals surface area contributed by atoms with Crippen LogP contribution in [0.1, 0.15) is 31.8 Å². The number of furan rings is 1.